The third kappa shape index (κ3) is 3.21. The van der Waals surface area contributed by atoms with Crippen LogP contribution in [0, 0.1) is 0 Å². The number of hydrogen-bond acceptors (Lipinski definition) is 5. The number of nitrogens with zero attached hydrogens (tertiary/aromatic N) is 3. The highest BCUT2D eigenvalue weighted by atomic mass is 16.3. The lowest BCUT2D eigenvalue weighted by atomic mass is 10.0. The van der Waals surface area contributed by atoms with Gasteiger partial charge in [-0.1, -0.05) is 13.8 Å². The number of hydrogen-bond donors (Lipinski definition) is 3. The number of nitrogens with one attached hydrogen (secondary N) is 2. The van der Waals surface area contributed by atoms with Gasteiger partial charge in [-0.3, -0.25) is 10.1 Å². The molecule has 6 heteroatoms. The predicted octanol–water partition coefficient (Wildman–Crippen LogP) is 2.70. The van der Waals surface area contributed by atoms with Crippen LogP contribution in [0.4, 0.5) is 11.6 Å². The standard InChI is InChI=1S/C15H21N5O/c1-9(2)12-6-14(20-19-12)18-15-8-16-7-13(17-15)10-3-4-11(21)5-10/h6-11,21H,3-5H2,1-2H3,(H2,17,18,19,20)/t10-,11-/m1/s1. The highest BCUT2D eigenvalue weighted by Gasteiger charge is 2.25. The van der Waals surface area contributed by atoms with Crippen molar-refractivity contribution in [1.29, 1.82) is 0 Å². The molecule has 1 saturated carbocycles. The van der Waals surface area contributed by atoms with Crippen LogP contribution in [0.2, 0.25) is 0 Å². The van der Waals surface area contributed by atoms with E-state index in [4.69, 9.17) is 0 Å². The number of anilines is 2. The Morgan fingerprint density at radius 3 is 2.81 bits per heavy atom. The molecule has 0 spiro atoms. The van der Waals surface area contributed by atoms with Crippen molar-refractivity contribution in [2.24, 2.45) is 0 Å². The van der Waals surface area contributed by atoms with Crippen LogP contribution < -0.4 is 5.32 Å². The van der Waals surface area contributed by atoms with Gasteiger partial charge in [0.25, 0.3) is 0 Å². The lowest BCUT2D eigenvalue weighted by Gasteiger charge is -2.10. The molecule has 0 saturated heterocycles. The topological polar surface area (TPSA) is 86.7 Å². The molecule has 1 aliphatic carbocycles. The molecule has 1 fully saturated rings. The molecule has 0 unspecified atom stereocenters. The first-order valence-electron chi connectivity index (χ1n) is 7.44. The number of H-pyrrole nitrogens is 1. The fourth-order valence-corrected chi connectivity index (χ4v) is 2.69. The number of aromatic amines is 1. The molecule has 112 valence electrons. The maximum atomic E-state index is 9.64. The molecule has 2 aromatic rings. The summed E-state index contributed by atoms with van der Waals surface area (Å²) in [7, 11) is 0. The van der Waals surface area contributed by atoms with Gasteiger partial charge in [0.15, 0.2) is 5.82 Å². The Morgan fingerprint density at radius 2 is 2.14 bits per heavy atom. The third-order valence-corrected chi connectivity index (χ3v) is 3.95. The van der Waals surface area contributed by atoms with Crippen LogP contribution >= 0.6 is 0 Å². The Kier molecular flexibility index (Phi) is 3.88. The molecule has 6 nitrogen and oxygen atoms in total. The Hall–Kier alpha value is -1.95. The van der Waals surface area contributed by atoms with Crippen molar-refractivity contribution in [3.05, 3.63) is 29.8 Å². The molecule has 1 aliphatic rings. The Balaban J connectivity index is 1.73. The first-order valence-corrected chi connectivity index (χ1v) is 7.44. The van der Waals surface area contributed by atoms with Gasteiger partial charge in [-0.05, 0) is 25.2 Å². The van der Waals surface area contributed by atoms with Crippen molar-refractivity contribution >= 4 is 11.6 Å². The maximum Gasteiger partial charge on any atom is 0.153 e. The molecule has 2 heterocycles. The van der Waals surface area contributed by atoms with Crippen LogP contribution in [-0.4, -0.2) is 31.4 Å². The first kappa shape index (κ1) is 14.0. The smallest absolute Gasteiger partial charge is 0.153 e. The normalized spacial score (nSPS) is 21.9. The predicted molar refractivity (Wildman–Crippen MR) is 80.6 cm³/mol. The van der Waals surface area contributed by atoms with Gasteiger partial charge in [0, 0.05) is 23.9 Å². The number of aliphatic hydroxyl groups is 1. The van der Waals surface area contributed by atoms with Crippen LogP contribution in [0.5, 0.6) is 0 Å². The minimum Gasteiger partial charge on any atom is -0.393 e. The second-order valence-corrected chi connectivity index (χ2v) is 5.98. The molecule has 0 aliphatic heterocycles. The van der Waals surface area contributed by atoms with E-state index in [1.165, 1.54) is 0 Å². The van der Waals surface area contributed by atoms with E-state index in [0.717, 1.165) is 36.5 Å². The highest BCUT2D eigenvalue weighted by Crippen LogP contribution is 2.33. The fraction of sp³-hybridized carbons (Fsp3) is 0.533. The first-order chi connectivity index (χ1) is 10.1. The second-order valence-electron chi connectivity index (χ2n) is 5.98. The molecular weight excluding hydrogens is 266 g/mol. The lowest BCUT2D eigenvalue weighted by Crippen LogP contribution is -2.04. The lowest BCUT2D eigenvalue weighted by molar-refractivity contribution is 0.181. The molecule has 0 aromatic carbocycles. The van der Waals surface area contributed by atoms with Crippen molar-refractivity contribution < 1.29 is 5.11 Å². The van der Waals surface area contributed by atoms with Crippen LogP contribution in [0.3, 0.4) is 0 Å². The van der Waals surface area contributed by atoms with Gasteiger partial charge in [-0.15, -0.1) is 0 Å². The van der Waals surface area contributed by atoms with Crippen LogP contribution in [0.15, 0.2) is 18.5 Å². The van der Waals surface area contributed by atoms with Crippen LogP contribution in [-0.2, 0) is 0 Å². The molecular formula is C15H21N5O. The van der Waals surface area contributed by atoms with Crippen molar-refractivity contribution in [3.63, 3.8) is 0 Å². The van der Waals surface area contributed by atoms with Crippen molar-refractivity contribution in [3.8, 4) is 0 Å². The largest absolute Gasteiger partial charge is 0.393 e. The molecule has 3 rings (SSSR count). The van der Waals surface area contributed by atoms with Gasteiger partial charge >= 0.3 is 0 Å². The van der Waals surface area contributed by atoms with E-state index in [9.17, 15) is 5.11 Å². The van der Waals surface area contributed by atoms with Gasteiger partial charge in [0.2, 0.25) is 0 Å². The van der Waals surface area contributed by atoms with Gasteiger partial charge in [-0.2, -0.15) is 5.10 Å². The summed E-state index contributed by atoms with van der Waals surface area (Å²) >= 11 is 0. The van der Waals surface area contributed by atoms with E-state index in [2.05, 4.69) is 39.3 Å². The van der Waals surface area contributed by atoms with E-state index >= 15 is 0 Å². The summed E-state index contributed by atoms with van der Waals surface area (Å²) in [5.41, 5.74) is 2.02. The molecule has 2 aromatic heterocycles. The van der Waals surface area contributed by atoms with Crippen molar-refractivity contribution in [2.45, 2.75) is 51.0 Å². The van der Waals surface area contributed by atoms with E-state index in [1.54, 1.807) is 12.4 Å². The minimum absolute atomic E-state index is 0.201. The van der Waals surface area contributed by atoms with Crippen LogP contribution in [0.25, 0.3) is 0 Å². The minimum atomic E-state index is -0.201. The third-order valence-electron chi connectivity index (χ3n) is 3.95. The molecule has 21 heavy (non-hydrogen) atoms. The summed E-state index contributed by atoms with van der Waals surface area (Å²) < 4.78 is 0. The number of aliphatic hydroxyl groups excluding tert-OH is 1. The molecule has 0 bridgehead atoms. The summed E-state index contributed by atoms with van der Waals surface area (Å²) in [5.74, 6) is 2.15. The summed E-state index contributed by atoms with van der Waals surface area (Å²) in [6.07, 6.45) is 5.88. The van der Waals surface area contributed by atoms with E-state index < -0.39 is 0 Å². The molecule has 2 atom stereocenters. The average Bonchev–Trinajstić information content (AvgIpc) is 3.08. The average molecular weight is 287 g/mol. The molecule has 0 radical (unpaired) electrons. The zero-order valence-electron chi connectivity index (χ0n) is 12.4. The molecule has 3 N–H and O–H groups in total. The summed E-state index contributed by atoms with van der Waals surface area (Å²) in [5, 5.41) is 20.1. The Labute approximate surface area is 124 Å². The number of aromatic nitrogens is 4. The van der Waals surface area contributed by atoms with E-state index in [-0.39, 0.29) is 6.10 Å². The maximum absolute atomic E-state index is 9.64. The Bertz CT molecular complexity index is 610. The summed E-state index contributed by atoms with van der Waals surface area (Å²) in [4.78, 5) is 8.85. The van der Waals surface area contributed by atoms with Crippen molar-refractivity contribution in [2.75, 3.05) is 5.32 Å². The van der Waals surface area contributed by atoms with Gasteiger partial charge in [0.05, 0.1) is 18.0 Å². The monoisotopic (exact) mass is 287 g/mol. The zero-order chi connectivity index (χ0) is 14.8. The summed E-state index contributed by atoms with van der Waals surface area (Å²) in [6, 6.07) is 1.98. The van der Waals surface area contributed by atoms with Gasteiger partial charge in [0.1, 0.15) is 5.82 Å². The van der Waals surface area contributed by atoms with E-state index in [0.29, 0.717) is 17.7 Å². The quantitative estimate of drug-likeness (QED) is 0.805. The molecule has 0 amide bonds. The van der Waals surface area contributed by atoms with Gasteiger partial charge in [-0.25, -0.2) is 4.98 Å². The Morgan fingerprint density at radius 1 is 1.29 bits per heavy atom. The van der Waals surface area contributed by atoms with Crippen LogP contribution in [0.1, 0.15) is 56.3 Å². The fourth-order valence-electron chi connectivity index (χ4n) is 2.69. The SMILES string of the molecule is CC(C)c1cc(Nc2cncc([C@@H]3CC[C@@H](O)C3)n2)n[nH]1. The van der Waals surface area contributed by atoms with Crippen molar-refractivity contribution in [1.82, 2.24) is 20.2 Å². The highest BCUT2D eigenvalue weighted by molar-refractivity contribution is 5.51. The zero-order valence-corrected chi connectivity index (χ0v) is 12.4. The van der Waals surface area contributed by atoms with E-state index in [1.807, 2.05) is 6.07 Å². The number of rotatable bonds is 4. The van der Waals surface area contributed by atoms with Gasteiger partial charge < -0.3 is 10.4 Å². The summed E-state index contributed by atoms with van der Waals surface area (Å²) in [6.45, 7) is 4.23. The second kappa shape index (κ2) is 5.81.